The van der Waals surface area contributed by atoms with Crippen molar-refractivity contribution in [1.82, 2.24) is 0 Å². The Hall–Kier alpha value is -0.683. The van der Waals surface area contributed by atoms with Gasteiger partial charge in [0, 0.05) is 20.8 Å². The van der Waals surface area contributed by atoms with E-state index in [0.717, 1.165) is 19.1 Å². The van der Waals surface area contributed by atoms with Crippen molar-refractivity contribution in [2.45, 2.75) is 19.0 Å². The van der Waals surface area contributed by atoms with Crippen molar-refractivity contribution in [3.63, 3.8) is 0 Å². The van der Waals surface area contributed by atoms with E-state index < -0.39 is 8.32 Å². The highest BCUT2D eigenvalue weighted by Gasteiger charge is 2.29. The van der Waals surface area contributed by atoms with E-state index >= 15 is 0 Å². The lowest BCUT2D eigenvalue weighted by atomic mass is 10.4. The Labute approximate surface area is 111 Å². The van der Waals surface area contributed by atoms with Crippen molar-refractivity contribution in [2.75, 3.05) is 34.0 Å². The summed E-state index contributed by atoms with van der Waals surface area (Å²) < 4.78 is 16.2. The maximum absolute atomic E-state index is 5.81. The fraction of sp³-hybridized carbons (Fsp3) is 0.571. The van der Waals surface area contributed by atoms with Gasteiger partial charge in [-0.1, -0.05) is 30.3 Å². The quantitative estimate of drug-likeness (QED) is 0.507. The maximum atomic E-state index is 5.81. The highest BCUT2D eigenvalue weighted by molar-refractivity contribution is 6.85. The first-order chi connectivity index (χ1) is 8.73. The summed E-state index contributed by atoms with van der Waals surface area (Å²) >= 11 is 0. The maximum Gasteiger partial charge on any atom is 0.220 e. The molecule has 0 saturated heterocycles. The summed E-state index contributed by atoms with van der Waals surface area (Å²) in [7, 11) is 1.73. The smallest absolute Gasteiger partial charge is 0.220 e. The van der Waals surface area contributed by atoms with E-state index in [1.54, 1.807) is 7.11 Å². The van der Waals surface area contributed by atoms with Crippen LogP contribution in [0.1, 0.15) is 6.42 Å². The number of benzene rings is 1. The van der Waals surface area contributed by atoms with E-state index in [1.165, 1.54) is 5.19 Å². The van der Waals surface area contributed by atoms with Gasteiger partial charge in [-0.05, 0) is 24.2 Å². The van der Waals surface area contributed by atoms with E-state index in [1.807, 2.05) is 13.2 Å². The van der Waals surface area contributed by atoms with Crippen molar-refractivity contribution in [3.05, 3.63) is 30.3 Å². The van der Waals surface area contributed by atoms with Gasteiger partial charge < -0.3 is 13.9 Å². The SMILES string of the molecule is COCCOCCC[Si](C)(OC)c1ccccc1. The van der Waals surface area contributed by atoms with Gasteiger partial charge in [0.05, 0.1) is 13.2 Å². The van der Waals surface area contributed by atoms with Crippen LogP contribution in [0.25, 0.3) is 0 Å². The molecule has 0 radical (unpaired) electrons. The van der Waals surface area contributed by atoms with Crippen molar-refractivity contribution in [3.8, 4) is 0 Å². The van der Waals surface area contributed by atoms with E-state index in [4.69, 9.17) is 13.9 Å². The van der Waals surface area contributed by atoms with Crippen LogP contribution in [0.4, 0.5) is 0 Å². The summed E-state index contributed by atoms with van der Waals surface area (Å²) in [4.78, 5) is 0. The van der Waals surface area contributed by atoms with Gasteiger partial charge in [0.15, 0.2) is 0 Å². The van der Waals surface area contributed by atoms with Crippen LogP contribution in [-0.4, -0.2) is 42.4 Å². The van der Waals surface area contributed by atoms with Gasteiger partial charge in [0.25, 0.3) is 0 Å². The first-order valence-electron chi connectivity index (χ1n) is 6.40. The van der Waals surface area contributed by atoms with Crippen LogP contribution < -0.4 is 5.19 Å². The summed E-state index contributed by atoms with van der Waals surface area (Å²) in [6, 6.07) is 11.6. The zero-order valence-corrected chi connectivity index (χ0v) is 12.6. The van der Waals surface area contributed by atoms with Crippen LogP contribution in [-0.2, 0) is 13.9 Å². The molecule has 18 heavy (non-hydrogen) atoms. The average molecular weight is 268 g/mol. The van der Waals surface area contributed by atoms with Crippen molar-refractivity contribution < 1.29 is 13.9 Å². The molecular weight excluding hydrogens is 244 g/mol. The molecule has 0 fully saturated rings. The van der Waals surface area contributed by atoms with Crippen LogP contribution >= 0.6 is 0 Å². The molecule has 3 nitrogen and oxygen atoms in total. The zero-order valence-electron chi connectivity index (χ0n) is 11.6. The van der Waals surface area contributed by atoms with Crippen molar-refractivity contribution >= 4 is 13.5 Å². The molecule has 1 aromatic rings. The first kappa shape index (κ1) is 15.4. The Morgan fingerprint density at radius 1 is 1.00 bits per heavy atom. The van der Waals surface area contributed by atoms with Crippen molar-refractivity contribution in [2.24, 2.45) is 0 Å². The number of methoxy groups -OCH3 is 1. The van der Waals surface area contributed by atoms with Crippen molar-refractivity contribution in [1.29, 1.82) is 0 Å². The fourth-order valence-corrected chi connectivity index (χ4v) is 4.36. The first-order valence-corrected chi connectivity index (χ1v) is 9.02. The van der Waals surface area contributed by atoms with E-state index in [-0.39, 0.29) is 0 Å². The minimum atomic E-state index is -1.78. The predicted molar refractivity (Wildman–Crippen MR) is 76.8 cm³/mol. The molecular formula is C14H24O3Si. The zero-order chi connectivity index (χ0) is 13.3. The van der Waals surface area contributed by atoms with Crippen LogP contribution in [0.3, 0.4) is 0 Å². The minimum Gasteiger partial charge on any atom is -0.416 e. The second kappa shape index (κ2) is 8.42. The molecule has 0 aromatic heterocycles. The van der Waals surface area contributed by atoms with Gasteiger partial charge in [0.2, 0.25) is 8.32 Å². The second-order valence-electron chi connectivity index (χ2n) is 4.51. The molecule has 0 spiro atoms. The molecule has 0 N–H and O–H groups in total. The number of ether oxygens (including phenoxy) is 2. The predicted octanol–water partition coefficient (Wildman–Crippen LogP) is 2.17. The van der Waals surface area contributed by atoms with Crippen LogP contribution in [0, 0.1) is 0 Å². The molecule has 1 atom stereocenters. The number of hydrogen-bond acceptors (Lipinski definition) is 3. The highest BCUT2D eigenvalue weighted by Crippen LogP contribution is 2.13. The monoisotopic (exact) mass is 268 g/mol. The van der Waals surface area contributed by atoms with Gasteiger partial charge >= 0.3 is 0 Å². The van der Waals surface area contributed by atoms with Gasteiger partial charge in [-0.25, -0.2) is 0 Å². The molecule has 1 rings (SSSR count). The third kappa shape index (κ3) is 4.90. The topological polar surface area (TPSA) is 27.7 Å². The largest absolute Gasteiger partial charge is 0.416 e. The normalized spacial score (nSPS) is 14.4. The molecule has 0 saturated carbocycles. The van der Waals surface area contributed by atoms with Crippen LogP contribution in [0.2, 0.25) is 12.6 Å². The van der Waals surface area contributed by atoms with Gasteiger partial charge in [-0.15, -0.1) is 0 Å². The van der Waals surface area contributed by atoms with Gasteiger partial charge in [0.1, 0.15) is 0 Å². The van der Waals surface area contributed by atoms with Gasteiger partial charge in [-0.3, -0.25) is 0 Å². The summed E-state index contributed by atoms with van der Waals surface area (Å²) in [5.74, 6) is 0. The molecule has 0 bridgehead atoms. The number of rotatable bonds is 9. The molecule has 0 aliphatic heterocycles. The van der Waals surface area contributed by atoms with Crippen LogP contribution in [0.15, 0.2) is 30.3 Å². The van der Waals surface area contributed by atoms with E-state index in [2.05, 4.69) is 30.8 Å². The molecule has 0 aliphatic rings. The second-order valence-corrected chi connectivity index (χ2v) is 8.46. The Bertz CT molecular complexity index is 318. The summed E-state index contributed by atoms with van der Waals surface area (Å²) in [5, 5.41) is 1.35. The summed E-state index contributed by atoms with van der Waals surface area (Å²) in [5.41, 5.74) is 0. The highest BCUT2D eigenvalue weighted by atomic mass is 28.4. The Kier molecular flexibility index (Phi) is 7.20. The van der Waals surface area contributed by atoms with Gasteiger partial charge in [-0.2, -0.15) is 0 Å². The lowest BCUT2D eigenvalue weighted by Gasteiger charge is -2.25. The fourth-order valence-electron chi connectivity index (χ4n) is 1.91. The van der Waals surface area contributed by atoms with E-state index in [9.17, 15) is 0 Å². The molecule has 1 aromatic carbocycles. The molecule has 0 aliphatic carbocycles. The Balaban J connectivity index is 2.37. The summed E-state index contributed by atoms with van der Waals surface area (Å²) in [6.07, 6.45) is 1.04. The molecule has 102 valence electrons. The molecule has 4 heteroatoms. The third-order valence-electron chi connectivity index (χ3n) is 3.21. The number of hydrogen-bond donors (Lipinski definition) is 0. The van der Waals surface area contributed by atoms with E-state index in [0.29, 0.717) is 13.2 Å². The Morgan fingerprint density at radius 2 is 1.72 bits per heavy atom. The average Bonchev–Trinajstić information content (AvgIpc) is 2.43. The van der Waals surface area contributed by atoms with Crippen LogP contribution in [0.5, 0.6) is 0 Å². The standard InChI is InChI=1S/C14H24O3Si/c1-15-11-12-17-10-7-13-18(3,16-2)14-8-5-4-6-9-14/h4-6,8-9H,7,10-13H2,1-3H3. The summed E-state index contributed by atoms with van der Waals surface area (Å²) in [6.45, 7) is 4.38. The molecule has 0 amide bonds. The lowest BCUT2D eigenvalue weighted by Crippen LogP contribution is -2.46. The third-order valence-corrected chi connectivity index (χ3v) is 6.97. The molecule has 0 heterocycles. The minimum absolute atomic E-state index is 0.664. The molecule has 1 unspecified atom stereocenters. The lowest BCUT2D eigenvalue weighted by molar-refractivity contribution is 0.0706. The Morgan fingerprint density at radius 3 is 2.33 bits per heavy atom.